The van der Waals surface area contributed by atoms with Crippen molar-refractivity contribution in [3.05, 3.63) is 0 Å². The van der Waals surface area contributed by atoms with E-state index in [-0.39, 0.29) is 18.9 Å². The van der Waals surface area contributed by atoms with Crippen LogP contribution in [-0.2, 0) is 4.79 Å². The number of alkyl halides is 3. The van der Waals surface area contributed by atoms with Gasteiger partial charge in [-0.2, -0.15) is 13.2 Å². The van der Waals surface area contributed by atoms with Gasteiger partial charge in [-0.1, -0.05) is 13.8 Å². The Morgan fingerprint density at radius 1 is 1.32 bits per heavy atom. The van der Waals surface area contributed by atoms with Gasteiger partial charge >= 0.3 is 12.1 Å². The minimum atomic E-state index is -4.42. The van der Waals surface area contributed by atoms with E-state index in [0.29, 0.717) is 13.0 Å². The maximum atomic E-state index is 13.0. The molecule has 112 valence electrons. The van der Waals surface area contributed by atoms with Gasteiger partial charge in [0.15, 0.2) is 0 Å². The highest BCUT2D eigenvalue weighted by molar-refractivity contribution is 5.70. The summed E-state index contributed by atoms with van der Waals surface area (Å²) < 4.78 is 39.0. The second-order valence-corrected chi connectivity index (χ2v) is 5.19. The standard InChI is InChI=1S/C13H22F3NO2/c1-3-7-17(4-2)9-5-6-10(12(18)19)11(8-9)13(14,15)16/h9-11H,3-8H2,1-2H3,(H,18,19). The van der Waals surface area contributed by atoms with Crippen molar-refractivity contribution in [2.24, 2.45) is 11.8 Å². The van der Waals surface area contributed by atoms with Gasteiger partial charge in [0.1, 0.15) is 0 Å². The Morgan fingerprint density at radius 3 is 2.37 bits per heavy atom. The zero-order valence-corrected chi connectivity index (χ0v) is 11.4. The molecule has 1 aliphatic rings. The maximum Gasteiger partial charge on any atom is 0.392 e. The second-order valence-electron chi connectivity index (χ2n) is 5.19. The molecule has 1 fully saturated rings. The van der Waals surface area contributed by atoms with Crippen LogP contribution in [0.3, 0.4) is 0 Å². The van der Waals surface area contributed by atoms with Crippen LogP contribution < -0.4 is 0 Å². The average Bonchev–Trinajstić information content (AvgIpc) is 2.34. The van der Waals surface area contributed by atoms with Crippen LogP contribution in [0.4, 0.5) is 13.2 Å². The van der Waals surface area contributed by atoms with Gasteiger partial charge in [0.25, 0.3) is 0 Å². The minimum Gasteiger partial charge on any atom is -0.481 e. The third kappa shape index (κ3) is 4.09. The fraction of sp³-hybridized carbons (Fsp3) is 0.923. The Balaban J connectivity index is 2.81. The molecule has 3 atom stereocenters. The van der Waals surface area contributed by atoms with Gasteiger partial charge in [-0.15, -0.1) is 0 Å². The van der Waals surface area contributed by atoms with Gasteiger partial charge in [-0.25, -0.2) is 0 Å². The molecule has 1 N–H and O–H groups in total. The van der Waals surface area contributed by atoms with E-state index in [2.05, 4.69) is 0 Å². The van der Waals surface area contributed by atoms with E-state index in [0.717, 1.165) is 13.0 Å². The lowest BCUT2D eigenvalue weighted by molar-refractivity contribution is -0.207. The van der Waals surface area contributed by atoms with Gasteiger partial charge in [0.2, 0.25) is 0 Å². The number of rotatable bonds is 5. The van der Waals surface area contributed by atoms with E-state index in [9.17, 15) is 18.0 Å². The van der Waals surface area contributed by atoms with Crippen LogP contribution in [-0.4, -0.2) is 41.3 Å². The van der Waals surface area contributed by atoms with E-state index in [1.807, 2.05) is 18.7 Å². The van der Waals surface area contributed by atoms with E-state index in [4.69, 9.17) is 5.11 Å². The monoisotopic (exact) mass is 281 g/mol. The van der Waals surface area contributed by atoms with E-state index < -0.39 is 24.0 Å². The van der Waals surface area contributed by atoms with Crippen molar-refractivity contribution in [3.8, 4) is 0 Å². The molecule has 1 saturated carbocycles. The van der Waals surface area contributed by atoms with Gasteiger partial charge < -0.3 is 10.0 Å². The van der Waals surface area contributed by atoms with Gasteiger partial charge in [0.05, 0.1) is 11.8 Å². The summed E-state index contributed by atoms with van der Waals surface area (Å²) >= 11 is 0. The van der Waals surface area contributed by atoms with Crippen molar-refractivity contribution < 1.29 is 23.1 Å². The fourth-order valence-corrected chi connectivity index (χ4v) is 3.02. The average molecular weight is 281 g/mol. The maximum absolute atomic E-state index is 13.0. The summed E-state index contributed by atoms with van der Waals surface area (Å²) in [7, 11) is 0. The van der Waals surface area contributed by atoms with Crippen LogP contribution in [0.15, 0.2) is 0 Å². The number of halogens is 3. The number of carboxylic acids is 1. The first-order valence-electron chi connectivity index (χ1n) is 6.84. The second kappa shape index (κ2) is 6.59. The van der Waals surface area contributed by atoms with Gasteiger partial charge in [0, 0.05) is 6.04 Å². The molecule has 0 heterocycles. The zero-order valence-electron chi connectivity index (χ0n) is 11.4. The molecular weight excluding hydrogens is 259 g/mol. The van der Waals surface area contributed by atoms with E-state index in [1.54, 1.807) is 0 Å². The SMILES string of the molecule is CCCN(CC)C1CCC(C(=O)O)C(C(F)(F)F)C1. The highest BCUT2D eigenvalue weighted by atomic mass is 19.4. The van der Waals surface area contributed by atoms with E-state index >= 15 is 0 Å². The Bertz CT molecular complexity index is 307. The molecule has 0 spiro atoms. The molecule has 1 rings (SSSR count). The zero-order chi connectivity index (χ0) is 14.6. The summed E-state index contributed by atoms with van der Waals surface area (Å²) in [6.07, 6.45) is -2.97. The summed E-state index contributed by atoms with van der Waals surface area (Å²) in [5.41, 5.74) is 0. The van der Waals surface area contributed by atoms with Crippen molar-refractivity contribution in [2.75, 3.05) is 13.1 Å². The Hall–Kier alpha value is -0.780. The normalized spacial score (nSPS) is 28.6. The van der Waals surface area contributed by atoms with E-state index in [1.165, 1.54) is 0 Å². The number of nitrogens with zero attached hydrogens (tertiary/aromatic N) is 1. The first-order valence-corrected chi connectivity index (χ1v) is 6.84. The predicted molar refractivity (Wildman–Crippen MR) is 65.8 cm³/mol. The molecule has 0 amide bonds. The summed E-state index contributed by atoms with van der Waals surface area (Å²) in [6.45, 7) is 5.40. The molecule has 0 aromatic carbocycles. The minimum absolute atomic E-state index is 0.0890. The molecule has 0 radical (unpaired) electrons. The molecule has 3 unspecified atom stereocenters. The molecule has 6 heteroatoms. The third-order valence-electron chi connectivity index (χ3n) is 3.99. The first-order chi connectivity index (χ1) is 8.81. The van der Waals surface area contributed by atoms with Crippen LogP contribution in [0, 0.1) is 11.8 Å². The van der Waals surface area contributed by atoms with Crippen LogP contribution >= 0.6 is 0 Å². The Kier molecular flexibility index (Phi) is 5.64. The topological polar surface area (TPSA) is 40.5 Å². The molecule has 0 aromatic heterocycles. The third-order valence-corrected chi connectivity index (χ3v) is 3.99. The first kappa shape index (κ1) is 16.3. The number of hydrogen-bond donors (Lipinski definition) is 1. The summed E-state index contributed by atoms with van der Waals surface area (Å²) in [4.78, 5) is 13.0. The largest absolute Gasteiger partial charge is 0.481 e. The molecule has 0 bridgehead atoms. The lowest BCUT2D eigenvalue weighted by Crippen LogP contribution is -2.47. The number of hydrogen-bond acceptors (Lipinski definition) is 2. The highest BCUT2D eigenvalue weighted by Gasteiger charge is 2.50. The summed E-state index contributed by atoms with van der Waals surface area (Å²) in [6, 6.07) is -0.146. The van der Waals surface area contributed by atoms with Crippen molar-refractivity contribution in [1.29, 1.82) is 0 Å². The van der Waals surface area contributed by atoms with Gasteiger partial charge in [-0.05, 0) is 38.8 Å². The lowest BCUT2D eigenvalue weighted by Gasteiger charge is -2.40. The molecule has 19 heavy (non-hydrogen) atoms. The number of aliphatic carboxylic acids is 1. The molecule has 3 nitrogen and oxygen atoms in total. The van der Waals surface area contributed by atoms with Crippen LogP contribution in [0.5, 0.6) is 0 Å². The molecule has 0 saturated heterocycles. The number of carboxylic acid groups (broad SMARTS) is 1. The molecule has 1 aliphatic carbocycles. The van der Waals surface area contributed by atoms with Crippen LogP contribution in [0.1, 0.15) is 39.5 Å². The Morgan fingerprint density at radius 2 is 1.95 bits per heavy atom. The van der Waals surface area contributed by atoms with Crippen molar-refractivity contribution in [1.82, 2.24) is 4.90 Å². The Labute approximate surface area is 111 Å². The predicted octanol–water partition coefficient (Wildman–Crippen LogP) is 3.15. The van der Waals surface area contributed by atoms with Crippen LogP contribution in [0.2, 0.25) is 0 Å². The molecule has 0 aliphatic heterocycles. The van der Waals surface area contributed by atoms with Crippen LogP contribution in [0.25, 0.3) is 0 Å². The number of carbonyl (C=O) groups is 1. The fourth-order valence-electron chi connectivity index (χ4n) is 3.02. The lowest BCUT2D eigenvalue weighted by atomic mass is 9.76. The van der Waals surface area contributed by atoms with Gasteiger partial charge in [-0.3, -0.25) is 4.79 Å². The summed E-state index contributed by atoms with van der Waals surface area (Å²) in [5, 5.41) is 8.94. The summed E-state index contributed by atoms with van der Waals surface area (Å²) in [5.74, 6) is -4.31. The molecule has 0 aromatic rings. The van der Waals surface area contributed by atoms with Crippen molar-refractivity contribution in [2.45, 2.75) is 51.7 Å². The van der Waals surface area contributed by atoms with Crippen molar-refractivity contribution >= 4 is 5.97 Å². The highest BCUT2D eigenvalue weighted by Crippen LogP contribution is 2.42. The molecular formula is C13H22F3NO2. The smallest absolute Gasteiger partial charge is 0.392 e. The van der Waals surface area contributed by atoms with Crippen molar-refractivity contribution in [3.63, 3.8) is 0 Å². The quantitative estimate of drug-likeness (QED) is 0.841.